The van der Waals surface area contributed by atoms with Crippen LogP contribution in [0.15, 0.2) is 60.2 Å². The van der Waals surface area contributed by atoms with Crippen LogP contribution in [-0.4, -0.2) is 33.9 Å². The Morgan fingerprint density at radius 3 is 2.38 bits per heavy atom. The van der Waals surface area contributed by atoms with E-state index in [0.29, 0.717) is 23.8 Å². The van der Waals surface area contributed by atoms with E-state index in [1.54, 1.807) is 24.5 Å². The van der Waals surface area contributed by atoms with Gasteiger partial charge in [-0.1, -0.05) is 30.3 Å². The second-order valence-electron chi connectivity index (χ2n) is 6.55. The normalized spacial score (nSPS) is 16.4. The zero-order valence-corrected chi connectivity index (χ0v) is 15.2. The Bertz CT molecular complexity index is 886. The zero-order valence-electron chi connectivity index (χ0n) is 14.3. The Morgan fingerprint density at radius 2 is 1.77 bits per heavy atom. The largest absolute Gasteiger partial charge is 0.375 e. The maximum absolute atomic E-state index is 12.8. The van der Waals surface area contributed by atoms with E-state index in [1.165, 1.54) is 16.9 Å². The van der Waals surface area contributed by atoms with E-state index < -0.39 is 0 Å². The van der Waals surface area contributed by atoms with Gasteiger partial charge in [0.2, 0.25) is 0 Å². The van der Waals surface area contributed by atoms with Gasteiger partial charge in [0.05, 0.1) is 5.69 Å². The number of benzene rings is 1. The van der Waals surface area contributed by atoms with Crippen LogP contribution in [0.4, 0.5) is 5.13 Å². The summed E-state index contributed by atoms with van der Waals surface area (Å²) < 4.78 is 0. The second kappa shape index (κ2) is 6.88. The minimum atomic E-state index is -0.190. The molecule has 0 bridgehead atoms. The molecule has 0 aliphatic carbocycles. The minimum Gasteiger partial charge on any atom is -0.375 e. The van der Waals surface area contributed by atoms with Crippen LogP contribution in [0.25, 0.3) is 0 Å². The number of pyridine rings is 1. The molecule has 0 atom stereocenters. The molecule has 1 fully saturated rings. The Morgan fingerprint density at radius 1 is 1.08 bits per heavy atom. The number of amides is 1. The van der Waals surface area contributed by atoms with Gasteiger partial charge < -0.3 is 10.6 Å². The molecule has 1 saturated heterocycles. The van der Waals surface area contributed by atoms with Crippen LogP contribution in [0.2, 0.25) is 0 Å². The Balaban J connectivity index is 1.62. The molecule has 3 heterocycles. The number of anilines is 1. The lowest BCUT2D eigenvalue weighted by molar-refractivity contribution is 0.0684. The third-order valence-corrected chi connectivity index (χ3v) is 5.84. The van der Waals surface area contributed by atoms with Crippen LogP contribution in [0, 0.1) is 0 Å². The molecule has 3 aromatic rings. The smallest absolute Gasteiger partial charge is 0.253 e. The molecule has 0 radical (unpaired) electrons. The summed E-state index contributed by atoms with van der Waals surface area (Å²) in [6, 6.07) is 14.0. The standard InChI is InChI=1S/C20H20N4OS/c21-19-23-17(14-26-19)20(16-4-2-1-3-5-16)8-12-24(13-9-20)18(25)15-6-10-22-11-7-15/h1-7,10-11,14H,8-9,12-13H2,(H2,21,23). The quantitative estimate of drug-likeness (QED) is 0.774. The molecule has 0 spiro atoms. The van der Waals surface area contributed by atoms with Crippen molar-refractivity contribution >= 4 is 22.4 Å². The fourth-order valence-corrected chi connectivity index (χ4v) is 4.39. The summed E-state index contributed by atoms with van der Waals surface area (Å²) in [5.74, 6) is 0.0619. The number of aromatic nitrogens is 2. The molecule has 26 heavy (non-hydrogen) atoms. The first-order valence-corrected chi connectivity index (χ1v) is 9.53. The maximum Gasteiger partial charge on any atom is 0.253 e. The highest BCUT2D eigenvalue weighted by Gasteiger charge is 2.40. The molecule has 2 aromatic heterocycles. The van der Waals surface area contributed by atoms with E-state index in [9.17, 15) is 4.79 Å². The number of carbonyl (C=O) groups excluding carboxylic acids is 1. The number of hydrogen-bond acceptors (Lipinski definition) is 5. The van der Waals surface area contributed by atoms with Crippen molar-refractivity contribution in [2.24, 2.45) is 0 Å². The summed E-state index contributed by atoms with van der Waals surface area (Å²) in [6.07, 6.45) is 4.97. The van der Waals surface area contributed by atoms with Gasteiger partial charge >= 0.3 is 0 Å². The third-order valence-electron chi connectivity index (χ3n) is 5.17. The van der Waals surface area contributed by atoms with Crippen LogP contribution >= 0.6 is 11.3 Å². The lowest BCUT2D eigenvalue weighted by Gasteiger charge is -2.41. The fraction of sp³-hybridized carbons (Fsp3) is 0.250. The van der Waals surface area contributed by atoms with Crippen LogP contribution < -0.4 is 5.73 Å². The van der Waals surface area contributed by atoms with Gasteiger partial charge in [0.1, 0.15) is 0 Å². The van der Waals surface area contributed by atoms with Crippen molar-refractivity contribution in [1.82, 2.24) is 14.9 Å². The van der Waals surface area contributed by atoms with Crippen molar-refractivity contribution in [3.05, 3.63) is 77.1 Å². The van der Waals surface area contributed by atoms with Crippen LogP contribution in [0.1, 0.15) is 34.5 Å². The predicted molar refractivity (Wildman–Crippen MR) is 103 cm³/mol. The molecule has 1 amide bonds. The first kappa shape index (κ1) is 16.7. The highest BCUT2D eigenvalue weighted by atomic mass is 32.1. The van der Waals surface area contributed by atoms with Crippen molar-refractivity contribution < 1.29 is 4.79 Å². The number of likely N-dealkylation sites (tertiary alicyclic amines) is 1. The van der Waals surface area contributed by atoms with Crippen molar-refractivity contribution in [2.45, 2.75) is 18.3 Å². The Kier molecular flexibility index (Phi) is 4.42. The molecule has 0 unspecified atom stereocenters. The molecule has 5 nitrogen and oxygen atoms in total. The SMILES string of the molecule is Nc1nc(C2(c3ccccc3)CCN(C(=O)c3ccncc3)CC2)cs1. The Hall–Kier alpha value is -2.73. The summed E-state index contributed by atoms with van der Waals surface area (Å²) in [5.41, 5.74) is 8.66. The number of piperidine rings is 1. The summed E-state index contributed by atoms with van der Waals surface area (Å²) >= 11 is 1.47. The van der Waals surface area contributed by atoms with E-state index in [-0.39, 0.29) is 11.3 Å². The monoisotopic (exact) mass is 364 g/mol. The average Bonchev–Trinajstić information content (AvgIpc) is 3.16. The molecule has 1 aromatic carbocycles. The summed E-state index contributed by atoms with van der Waals surface area (Å²) in [6.45, 7) is 1.38. The molecule has 6 heteroatoms. The van der Waals surface area contributed by atoms with Gasteiger partial charge in [0, 0.05) is 41.8 Å². The number of nitrogen functional groups attached to an aromatic ring is 1. The maximum atomic E-state index is 12.8. The van der Waals surface area contributed by atoms with Gasteiger partial charge in [-0.15, -0.1) is 11.3 Å². The molecule has 4 rings (SSSR count). The molecule has 2 N–H and O–H groups in total. The molecular weight excluding hydrogens is 344 g/mol. The van der Waals surface area contributed by atoms with Gasteiger partial charge in [0.15, 0.2) is 5.13 Å². The van der Waals surface area contributed by atoms with E-state index in [4.69, 9.17) is 5.73 Å². The first-order valence-electron chi connectivity index (χ1n) is 8.65. The highest BCUT2D eigenvalue weighted by Crippen LogP contribution is 2.42. The lowest BCUT2D eigenvalue weighted by atomic mass is 9.70. The number of hydrogen-bond donors (Lipinski definition) is 1. The molecule has 132 valence electrons. The number of thiazole rings is 1. The molecule has 0 saturated carbocycles. The van der Waals surface area contributed by atoms with Crippen LogP contribution in [0.3, 0.4) is 0 Å². The van der Waals surface area contributed by atoms with Crippen LogP contribution in [-0.2, 0) is 5.41 Å². The minimum absolute atomic E-state index is 0.0619. The van der Waals surface area contributed by atoms with Crippen LogP contribution in [0.5, 0.6) is 0 Å². The number of rotatable bonds is 3. The summed E-state index contributed by atoms with van der Waals surface area (Å²) in [7, 11) is 0. The number of carbonyl (C=O) groups is 1. The van der Waals surface area contributed by atoms with Gasteiger partial charge in [-0.25, -0.2) is 4.98 Å². The predicted octanol–water partition coefficient (Wildman–Crippen LogP) is 3.34. The zero-order chi connectivity index (χ0) is 18.0. The van der Waals surface area contributed by atoms with Crippen molar-refractivity contribution in [1.29, 1.82) is 0 Å². The molecule has 1 aliphatic rings. The first-order chi connectivity index (χ1) is 12.7. The molecular formula is C20H20N4OS. The van der Waals surface area contributed by atoms with E-state index in [1.807, 2.05) is 11.0 Å². The van der Waals surface area contributed by atoms with Crippen molar-refractivity contribution in [3.63, 3.8) is 0 Å². The van der Waals surface area contributed by atoms with E-state index in [2.05, 4.69) is 39.6 Å². The highest BCUT2D eigenvalue weighted by molar-refractivity contribution is 7.13. The van der Waals surface area contributed by atoms with Crippen molar-refractivity contribution in [3.8, 4) is 0 Å². The Labute approximate surface area is 156 Å². The number of nitrogens with two attached hydrogens (primary N) is 1. The summed E-state index contributed by atoms with van der Waals surface area (Å²) in [5, 5.41) is 2.65. The molecule has 1 aliphatic heterocycles. The van der Waals surface area contributed by atoms with Gasteiger partial charge in [0.25, 0.3) is 5.91 Å². The second-order valence-corrected chi connectivity index (χ2v) is 7.44. The van der Waals surface area contributed by atoms with Gasteiger partial charge in [-0.2, -0.15) is 0 Å². The fourth-order valence-electron chi connectivity index (χ4n) is 3.73. The third kappa shape index (κ3) is 2.97. The van der Waals surface area contributed by atoms with Gasteiger partial charge in [-0.3, -0.25) is 9.78 Å². The topological polar surface area (TPSA) is 72.1 Å². The van der Waals surface area contributed by atoms with Crippen molar-refractivity contribution in [2.75, 3.05) is 18.8 Å². The average molecular weight is 364 g/mol. The van der Waals surface area contributed by atoms with E-state index in [0.717, 1.165) is 18.5 Å². The van der Waals surface area contributed by atoms with Gasteiger partial charge in [-0.05, 0) is 30.5 Å². The number of nitrogens with zero attached hydrogens (tertiary/aromatic N) is 3. The van der Waals surface area contributed by atoms with E-state index >= 15 is 0 Å². The summed E-state index contributed by atoms with van der Waals surface area (Å²) in [4.78, 5) is 23.3. The lowest BCUT2D eigenvalue weighted by Crippen LogP contribution is -2.46.